The van der Waals surface area contributed by atoms with E-state index in [2.05, 4.69) is 87.2 Å². The summed E-state index contributed by atoms with van der Waals surface area (Å²) in [6.45, 7) is 10.3. The molecule has 0 aliphatic heterocycles. The molecule has 0 aliphatic carbocycles. The van der Waals surface area contributed by atoms with E-state index in [9.17, 15) is 0 Å². The minimum atomic E-state index is 0.589. The van der Waals surface area contributed by atoms with Gasteiger partial charge < -0.3 is 0 Å². The first-order chi connectivity index (χ1) is 11.1. The molecule has 0 saturated heterocycles. The van der Waals surface area contributed by atoms with Gasteiger partial charge in [-0.25, -0.2) is 0 Å². The first-order valence-corrected chi connectivity index (χ1v) is 8.73. The zero-order valence-corrected chi connectivity index (χ0v) is 14.7. The molecule has 0 atom stereocenters. The van der Waals surface area contributed by atoms with Crippen molar-refractivity contribution in [2.75, 3.05) is 6.54 Å². The third kappa shape index (κ3) is 3.25. The fourth-order valence-corrected chi connectivity index (χ4v) is 3.69. The van der Waals surface area contributed by atoms with Gasteiger partial charge in [0.25, 0.3) is 0 Å². The zero-order chi connectivity index (χ0) is 16.4. The molecule has 0 radical (unpaired) electrons. The number of rotatable bonds is 5. The summed E-state index contributed by atoms with van der Waals surface area (Å²) in [6, 6.07) is 21.1. The average Bonchev–Trinajstić information content (AvgIpc) is 2.54. The second-order valence-corrected chi connectivity index (χ2v) is 6.97. The van der Waals surface area contributed by atoms with Crippen molar-refractivity contribution >= 4 is 21.5 Å². The summed E-state index contributed by atoms with van der Waals surface area (Å²) >= 11 is 0. The van der Waals surface area contributed by atoms with E-state index >= 15 is 0 Å². The second kappa shape index (κ2) is 6.72. The lowest BCUT2D eigenvalue weighted by molar-refractivity contribution is 0.177. The Morgan fingerprint density at radius 2 is 1.39 bits per heavy atom. The molecule has 3 aromatic carbocycles. The predicted octanol–water partition coefficient (Wildman–Crippen LogP) is 5.65. The Bertz CT molecular complexity index is 793. The maximum Gasteiger partial charge on any atom is 0.00414 e. The summed E-state index contributed by atoms with van der Waals surface area (Å²) in [5.41, 5.74) is 1.46. The Morgan fingerprint density at radius 1 is 0.696 bits per heavy atom. The molecule has 0 aliphatic rings. The Morgan fingerprint density at radius 3 is 2.13 bits per heavy atom. The van der Waals surface area contributed by atoms with E-state index in [-0.39, 0.29) is 0 Å². The van der Waals surface area contributed by atoms with E-state index in [0.29, 0.717) is 12.1 Å². The SMILES string of the molecule is CC(C)N(CCc1cccc2c1ccc1ccccc12)C(C)C. The van der Waals surface area contributed by atoms with Crippen LogP contribution in [0.2, 0.25) is 0 Å². The molecule has 1 heteroatoms. The summed E-state index contributed by atoms with van der Waals surface area (Å²) in [6.07, 6.45) is 1.10. The number of benzene rings is 3. The lowest BCUT2D eigenvalue weighted by Gasteiger charge is -2.30. The van der Waals surface area contributed by atoms with Gasteiger partial charge in [0.15, 0.2) is 0 Å². The average molecular weight is 305 g/mol. The fourth-order valence-electron chi connectivity index (χ4n) is 3.69. The molecule has 0 bridgehead atoms. The van der Waals surface area contributed by atoms with E-state index in [4.69, 9.17) is 0 Å². The molecule has 23 heavy (non-hydrogen) atoms. The Balaban J connectivity index is 1.97. The van der Waals surface area contributed by atoms with Crippen molar-refractivity contribution in [1.82, 2.24) is 4.90 Å². The summed E-state index contributed by atoms with van der Waals surface area (Å²) in [5, 5.41) is 5.46. The van der Waals surface area contributed by atoms with Crippen molar-refractivity contribution in [2.45, 2.75) is 46.2 Å². The van der Waals surface area contributed by atoms with Gasteiger partial charge in [0.1, 0.15) is 0 Å². The van der Waals surface area contributed by atoms with Crippen LogP contribution in [-0.2, 0) is 6.42 Å². The molecule has 0 fully saturated rings. The van der Waals surface area contributed by atoms with Crippen molar-refractivity contribution in [3.8, 4) is 0 Å². The van der Waals surface area contributed by atoms with Crippen LogP contribution < -0.4 is 0 Å². The molecular formula is C22H27N. The lowest BCUT2D eigenvalue weighted by atomic mass is 9.97. The molecule has 0 amide bonds. The molecule has 0 saturated carbocycles. The van der Waals surface area contributed by atoms with E-state index in [1.807, 2.05) is 0 Å². The van der Waals surface area contributed by atoms with Gasteiger partial charge >= 0.3 is 0 Å². The molecule has 120 valence electrons. The van der Waals surface area contributed by atoms with Crippen molar-refractivity contribution < 1.29 is 0 Å². The maximum atomic E-state index is 2.57. The quantitative estimate of drug-likeness (QED) is 0.550. The Kier molecular flexibility index (Phi) is 4.68. The molecule has 0 spiro atoms. The monoisotopic (exact) mass is 305 g/mol. The highest BCUT2D eigenvalue weighted by atomic mass is 15.2. The van der Waals surface area contributed by atoms with Crippen LogP contribution >= 0.6 is 0 Å². The Hall–Kier alpha value is -1.86. The van der Waals surface area contributed by atoms with Gasteiger partial charge in [-0.3, -0.25) is 4.90 Å². The number of hydrogen-bond donors (Lipinski definition) is 0. The van der Waals surface area contributed by atoms with Crippen molar-refractivity contribution in [3.63, 3.8) is 0 Å². The summed E-state index contributed by atoms with van der Waals surface area (Å²) in [5.74, 6) is 0. The van der Waals surface area contributed by atoms with Crippen LogP contribution in [0.25, 0.3) is 21.5 Å². The van der Waals surface area contributed by atoms with Crippen molar-refractivity contribution in [3.05, 3.63) is 60.2 Å². The minimum absolute atomic E-state index is 0.589. The second-order valence-electron chi connectivity index (χ2n) is 6.97. The van der Waals surface area contributed by atoms with E-state index in [0.717, 1.165) is 13.0 Å². The van der Waals surface area contributed by atoms with Gasteiger partial charge in [0, 0.05) is 18.6 Å². The van der Waals surface area contributed by atoms with Crippen molar-refractivity contribution in [1.29, 1.82) is 0 Å². The maximum absolute atomic E-state index is 2.57. The van der Waals surface area contributed by atoms with Crippen LogP contribution in [0.1, 0.15) is 33.3 Å². The normalized spacial score (nSPS) is 12.1. The van der Waals surface area contributed by atoms with Gasteiger partial charge in [0.05, 0.1) is 0 Å². The molecule has 3 aromatic rings. The zero-order valence-electron chi connectivity index (χ0n) is 14.7. The largest absolute Gasteiger partial charge is 0.298 e. The van der Waals surface area contributed by atoms with Crippen LogP contribution in [-0.4, -0.2) is 23.5 Å². The van der Waals surface area contributed by atoms with Crippen molar-refractivity contribution in [2.24, 2.45) is 0 Å². The standard InChI is InChI=1S/C22H27N/c1-16(2)23(17(3)4)15-14-19-9-7-11-22-20-10-6-5-8-18(20)12-13-21(19)22/h5-13,16-17H,14-15H2,1-4H3. The lowest BCUT2D eigenvalue weighted by Crippen LogP contribution is -2.38. The number of nitrogens with zero attached hydrogens (tertiary/aromatic N) is 1. The molecule has 3 rings (SSSR count). The van der Waals surface area contributed by atoms with Gasteiger partial charge in [-0.2, -0.15) is 0 Å². The van der Waals surface area contributed by atoms with Gasteiger partial charge in [-0.05, 0) is 61.2 Å². The Labute approximate surface area is 139 Å². The first-order valence-electron chi connectivity index (χ1n) is 8.73. The molecule has 0 heterocycles. The smallest absolute Gasteiger partial charge is 0.00414 e. The summed E-state index contributed by atoms with van der Waals surface area (Å²) < 4.78 is 0. The van der Waals surface area contributed by atoms with E-state index in [1.165, 1.54) is 27.1 Å². The van der Waals surface area contributed by atoms with Crippen LogP contribution in [0, 0.1) is 0 Å². The molecule has 1 nitrogen and oxygen atoms in total. The van der Waals surface area contributed by atoms with Gasteiger partial charge in [-0.15, -0.1) is 0 Å². The predicted molar refractivity (Wildman–Crippen MR) is 102 cm³/mol. The molecule has 0 N–H and O–H groups in total. The highest BCUT2D eigenvalue weighted by molar-refractivity contribution is 6.08. The van der Waals surface area contributed by atoms with Crippen LogP contribution in [0.4, 0.5) is 0 Å². The van der Waals surface area contributed by atoms with Gasteiger partial charge in [0.2, 0.25) is 0 Å². The van der Waals surface area contributed by atoms with Crippen LogP contribution in [0.15, 0.2) is 54.6 Å². The topological polar surface area (TPSA) is 3.24 Å². The fraction of sp³-hybridized carbons (Fsp3) is 0.364. The number of hydrogen-bond acceptors (Lipinski definition) is 1. The van der Waals surface area contributed by atoms with E-state index in [1.54, 1.807) is 0 Å². The first kappa shape index (κ1) is 16.0. The highest BCUT2D eigenvalue weighted by Crippen LogP contribution is 2.28. The van der Waals surface area contributed by atoms with E-state index < -0.39 is 0 Å². The minimum Gasteiger partial charge on any atom is -0.298 e. The molecular weight excluding hydrogens is 278 g/mol. The third-order valence-electron chi connectivity index (χ3n) is 4.84. The van der Waals surface area contributed by atoms with Crippen LogP contribution in [0.5, 0.6) is 0 Å². The van der Waals surface area contributed by atoms with Gasteiger partial charge in [-0.1, -0.05) is 54.6 Å². The van der Waals surface area contributed by atoms with Crippen LogP contribution in [0.3, 0.4) is 0 Å². The summed E-state index contributed by atoms with van der Waals surface area (Å²) in [4.78, 5) is 2.57. The molecule has 0 unspecified atom stereocenters. The third-order valence-corrected chi connectivity index (χ3v) is 4.84. The molecule has 0 aromatic heterocycles. The number of fused-ring (bicyclic) bond motifs is 3. The summed E-state index contributed by atoms with van der Waals surface area (Å²) in [7, 11) is 0. The highest BCUT2D eigenvalue weighted by Gasteiger charge is 2.13.